The van der Waals surface area contributed by atoms with Gasteiger partial charge in [0, 0.05) is 19.1 Å². The van der Waals surface area contributed by atoms with E-state index in [-0.39, 0.29) is 12.7 Å². The Balaban J connectivity index is 0.000000461. The maximum Gasteiger partial charge on any atom is 0.105 e. The Bertz CT molecular complexity index is 89.6. The van der Waals surface area contributed by atoms with E-state index >= 15 is 0 Å². The maximum atomic E-state index is 11.9. The minimum Gasteiger partial charge on any atom is -0.297 e. The first-order valence-electron chi connectivity index (χ1n) is 4.54. The summed E-state index contributed by atoms with van der Waals surface area (Å²) in [5.41, 5.74) is 0. The van der Waals surface area contributed by atoms with Gasteiger partial charge in [-0.1, -0.05) is 20.8 Å². The standard InChI is InChI=1S/C7H14FN.C2H6/c1-6-4-9(5-6)7(2)3-8;1-2/h6-7H,3-5H2,1-2H3;1-2H3. The van der Waals surface area contributed by atoms with E-state index in [1.807, 2.05) is 20.8 Å². The second-order valence-electron chi connectivity index (χ2n) is 3.06. The molecule has 2 heteroatoms. The van der Waals surface area contributed by atoms with E-state index in [1.54, 1.807) is 0 Å². The minimum atomic E-state index is -0.202. The topological polar surface area (TPSA) is 3.24 Å². The number of hydrogen-bond acceptors (Lipinski definition) is 1. The Morgan fingerprint density at radius 3 is 2.18 bits per heavy atom. The number of hydrogen-bond donors (Lipinski definition) is 0. The summed E-state index contributed by atoms with van der Waals surface area (Å²) in [6.07, 6.45) is 0. The van der Waals surface area contributed by atoms with Gasteiger partial charge in [-0.2, -0.15) is 0 Å². The van der Waals surface area contributed by atoms with Gasteiger partial charge in [0.2, 0.25) is 0 Å². The third kappa shape index (κ3) is 3.19. The zero-order valence-electron chi connectivity index (χ0n) is 8.10. The summed E-state index contributed by atoms with van der Waals surface area (Å²) < 4.78 is 11.9. The average Bonchev–Trinajstić information content (AvgIpc) is 2.01. The molecule has 1 atom stereocenters. The molecule has 0 aromatic carbocycles. The summed E-state index contributed by atoms with van der Waals surface area (Å²) in [7, 11) is 0. The van der Waals surface area contributed by atoms with Crippen LogP contribution in [0.4, 0.5) is 4.39 Å². The molecule has 1 fully saturated rings. The number of halogens is 1. The summed E-state index contributed by atoms with van der Waals surface area (Å²) >= 11 is 0. The van der Waals surface area contributed by atoms with Crippen molar-refractivity contribution in [2.24, 2.45) is 5.92 Å². The van der Waals surface area contributed by atoms with E-state index in [0.29, 0.717) is 0 Å². The second-order valence-corrected chi connectivity index (χ2v) is 3.06. The van der Waals surface area contributed by atoms with E-state index in [9.17, 15) is 4.39 Å². The van der Waals surface area contributed by atoms with Crippen molar-refractivity contribution >= 4 is 0 Å². The van der Waals surface area contributed by atoms with Gasteiger partial charge < -0.3 is 0 Å². The monoisotopic (exact) mass is 161 g/mol. The molecule has 0 N–H and O–H groups in total. The van der Waals surface area contributed by atoms with Crippen LogP contribution in [0.25, 0.3) is 0 Å². The van der Waals surface area contributed by atoms with E-state index in [4.69, 9.17) is 0 Å². The Labute approximate surface area is 69.6 Å². The normalized spacial score (nSPS) is 21.5. The van der Waals surface area contributed by atoms with E-state index in [2.05, 4.69) is 11.8 Å². The molecular formula is C9H20FN. The number of alkyl halides is 1. The lowest BCUT2D eigenvalue weighted by Gasteiger charge is -2.40. The molecule has 0 aromatic rings. The Kier molecular flexibility index (Phi) is 5.47. The molecule has 0 amide bonds. The first kappa shape index (κ1) is 10.9. The highest BCUT2D eigenvalue weighted by atomic mass is 19.1. The lowest BCUT2D eigenvalue weighted by molar-refractivity contribution is 0.0583. The predicted molar refractivity (Wildman–Crippen MR) is 47.5 cm³/mol. The van der Waals surface area contributed by atoms with Gasteiger partial charge in [-0.15, -0.1) is 0 Å². The zero-order valence-corrected chi connectivity index (χ0v) is 8.10. The summed E-state index contributed by atoms with van der Waals surface area (Å²) in [5, 5.41) is 0. The molecule has 1 aliphatic heterocycles. The lowest BCUT2D eigenvalue weighted by Crippen LogP contribution is -2.50. The second kappa shape index (κ2) is 5.53. The van der Waals surface area contributed by atoms with Crippen molar-refractivity contribution in [1.82, 2.24) is 4.90 Å². The Morgan fingerprint density at radius 2 is 1.91 bits per heavy atom. The molecule has 0 bridgehead atoms. The van der Waals surface area contributed by atoms with Gasteiger partial charge in [0.25, 0.3) is 0 Å². The molecule has 11 heavy (non-hydrogen) atoms. The fourth-order valence-electron chi connectivity index (χ4n) is 1.20. The number of likely N-dealkylation sites (tertiary alicyclic amines) is 1. The average molecular weight is 161 g/mol. The fourth-order valence-corrected chi connectivity index (χ4v) is 1.20. The first-order valence-corrected chi connectivity index (χ1v) is 4.54. The van der Waals surface area contributed by atoms with Crippen LogP contribution in [0.5, 0.6) is 0 Å². The molecule has 0 radical (unpaired) electrons. The summed E-state index contributed by atoms with van der Waals surface area (Å²) in [6, 6.07) is 0.154. The third-order valence-corrected chi connectivity index (χ3v) is 1.94. The van der Waals surface area contributed by atoms with Crippen molar-refractivity contribution in [3.05, 3.63) is 0 Å². The summed E-state index contributed by atoms with van der Waals surface area (Å²) in [5.74, 6) is 0.791. The van der Waals surface area contributed by atoms with Crippen molar-refractivity contribution in [3.8, 4) is 0 Å². The van der Waals surface area contributed by atoms with E-state index < -0.39 is 0 Å². The smallest absolute Gasteiger partial charge is 0.105 e. The molecular weight excluding hydrogens is 141 g/mol. The molecule has 1 heterocycles. The van der Waals surface area contributed by atoms with Crippen molar-refractivity contribution in [1.29, 1.82) is 0 Å². The van der Waals surface area contributed by atoms with Gasteiger partial charge in [-0.25, -0.2) is 4.39 Å². The van der Waals surface area contributed by atoms with Crippen molar-refractivity contribution in [3.63, 3.8) is 0 Å². The van der Waals surface area contributed by atoms with Crippen LogP contribution in [0.2, 0.25) is 0 Å². The van der Waals surface area contributed by atoms with Gasteiger partial charge in [0.05, 0.1) is 0 Å². The van der Waals surface area contributed by atoms with E-state index in [0.717, 1.165) is 19.0 Å². The third-order valence-electron chi connectivity index (χ3n) is 1.94. The van der Waals surface area contributed by atoms with Crippen LogP contribution in [0.3, 0.4) is 0 Å². The van der Waals surface area contributed by atoms with E-state index in [1.165, 1.54) is 0 Å². The molecule has 0 spiro atoms. The highest BCUT2D eigenvalue weighted by molar-refractivity contribution is 4.80. The lowest BCUT2D eigenvalue weighted by atomic mass is 10.0. The highest BCUT2D eigenvalue weighted by Crippen LogP contribution is 2.17. The predicted octanol–water partition coefficient (Wildman–Crippen LogP) is 2.32. The quantitative estimate of drug-likeness (QED) is 0.600. The number of nitrogens with zero attached hydrogens (tertiary/aromatic N) is 1. The van der Waals surface area contributed by atoms with Crippen molar-refractivity contribution < 1.29 is 4.39 Å². The molecule has 1 rings (SSSR count). The molecule has 0 aliphatic carbocycles. The van der Waals surface area contributed by atoms with Crippen molar-refractivity contribution in [2.45, 2.75) is 33.7 Å². The van der Waals surface area contributed by atoms with Gasteiger partial charge in [0.15, 0.2) is 0 Å². The molecule has 1 aliphatic rings. The highest BCUT2D eigenvalue weighted by Gasteiger charge is 2.26. The molecule has 0 saturated carbocycles. The van der Waals surface area contributed by atoms with Gasteiger partial charge in [-0.05, 0) is 12.8 Å². The Hall–Kier alpha value is -0.110. The van der Waals surface area contributed by atoms with Gasteiger partial charge >= 0.3 is 0 Å². The van der Waals surface area contributed by atoms with Crippen LogP contribution in [-0.2, 0) is 0 Å². The molecule has 1 unspecified atom stereocenters. The Morgan fingerprint density at radius 1 is 1.45 bits per heavy atom. The van der Waals surface area contributed by atoms with Crippen molar-refractivity contribution in [2.75, 3.05) is 19.8 Å². The van der Waals surface area contributed by atoms with Crippen LogP contribution < -0.4 is 0 Å². The zero-order chi connectivity index (χ0) is 8.85. The summed E-state index contributed by atoms with van der Waals surface area (Å²) in [6.45, 7) is 10.1. The van der Waals surface area contributed by atoms with Crippen LogP contribution in [0.1, 0.15) is 27.7 Å². The van der Waals surface area contributed by atoms with Crippen LogP contribution >= 0.6 is 0 Å². The van der Waals surface area contributed by atoms with Crippen LogP contribution in [-0.4, -0.2) is 30.7 Å². The largest absolute Gasteiger partial charge is 0.297 e. The van der Waals surface area contributed by atoms with Gasteiger partial charge in [-0.3, -0.25) is 4.90 Å². The maximum absolute atomic E-state index is 11.9. The molecule has 1 nitrogen and oxygen atoms in total. The first-order chi connectivity index (χ1) is 5.24. The molecule has 1 saturated heterocycles. The number of rotatable bonds is 2. The molecule has 0 aromatic heterocycles. The minimum absolute atomic E-state index is 0.154. The summed E-state index contributed by atoms with van der Waals surface area (Å²) in [4.78, 5) is 2.17. The van der Waals surface area contributed by atoms with Crippen LogP contribution in [0, 0.1) is 5.92 Å². The fraction of sp³-hybridized carbons (Fsp3) is 1.00. The molecule has 68 valence electrons. The van der Waals surface area contributed by atoms with Crippen LogP contribution in [0.15, 0.2) is 0 Å². The SMILES string of the molecule is CC.CC1CN(C(C)CF)C1. The van der Waals surface area contributed by atoms with Gasteiger partial charge in [0.1, 0.15) is 6.67 Å².